The zero-order chi connectivity index (χ0) is 30.0. The Morgan fingerprint density at radius 3 is 1.60 bits per heavy atom. The van der Waals surface area contributed by atoms with E-state index in [9.17, 15) is 0 Å². The summed E-state index contributed by atoms with van der Waals surface area (Å²) in [6.07, 6.45) is 0. The third kappa shape index (κ3) is 5.30. The van der Waals surface area contributed by atoms with Gasteiger partial charge in [-0.05, 0) is 52.6 Å². The summed E-state index contributed by atoms with van der Waals surface area (Å²) in [5, 5.41) is 0. The molecule has 8 rings (SSSR count). The van der Waals surface area contributed by atoms with E-state index in [1.54, 1.807) is 0 Å². The second-order valence-corrected chi connectivity index (χ2v) is 10.9. The van der Waals surface area contributed by atoms with Crippen LogP contribution in [0.15, 0.2) is 168 Å². The molecule has 2 heterocycles. The quantitative estimate of drug-likeness (QED) is 0.197. The van der Waals surface area contributed by atoms with E-state index in [2.05, 4.69) is 103 Å². The molecule has 0 spiro atoms. The highest BCUT2D eigenvalue weighted by Crippen LogP contribution is 2.36. The molecular weight excluding hydrogens is 550 g/mol. The first-order valence-electron chi connectivity index (χ1n) is 14.9. The largest absolute Gasteiger partial charge is 0.436 e. The molecule has 0 unspecified atom stereocenters. The standard InChI is InChI=1S/C41H27N3O/c1-4-12-28(13-5-1)29-20-22-31(23-21-29)40-42-36(30-14-6-2-7-15-30)27-37(43-40)35-19-11-10-18-34(35)33-24-25-39-38(26-33)44-41(45-39)32-16-8-3-9-17-32/h1-27H. The lowest BCUT2D eigenvalue weighted by Gasteiger charge is -2.13. The molecule has 0 aliphatic heterocycles. The van der Waals surface area contributed by atoms with Crippen LogP contribution in [0.3, 0.4) is 0 Å². The van der Waals surface area contributed by atoms with E-state index in [4.69, 9.17) is 19.4 Å². The molecule has 0 aliphatic carbocycles. The maximum absolute atomic E-state index is 6.09. The van der Waals surface area contributed by atoms with Gasteiger partial charge in [0.05, 0.1) is 11.4 Å². The minimum absolute atomic E-state index is 0.613. The van der Waals surface area contributed by atoms with Gasteiger partial charge in [-0.15, -0.1) is 0 Å². The van der Waals surface area contributed by atoms with E-state index in [1.165, 1.54) is 5.56 Å². The van der Waals surface area contributed by atoms with Gasteiger partial charge in [-0.3, -0.25) is 0 Å². The fourth-order valence-corrected chi connectivity index (χ4v) is 5.67. The van der Waals surface area contributed by atoms with Crippen LogP contribution in [0.1, 0.15) is 0 Å². The number of rotatable bonds is 6. The van der Waals surface area contributed by atoms with Crippen molar-refractivity contribution in [3.63, 3.8) is 0 Å². The van der Waals surface area contributed by atoms with E-state index in [0.717, 1.165) is 61.4 Å². The zero-order valence-electron chi connectivity index (χ0n) is 24.3. The van der Waals surface area contributed by atoms with Crippen molar-refractivity contribution >= 4 is 11.1 Å². The van der Waals surface area contributed by atoms with E-state index < -0.39 is 0 Å². The summed E-state index contributed by atoms with van der Waals surface area (Å²) in [4.78, 5) is 15.0. The number of hydrogen-bond donors (Lipinski definition) is 0. The van der Waals surface area contributed by atoms with Crippen LogP contribution in [0.4, 0.5) is 0 Å². The van der Waals surface area contributed by atoms with Gasteiger partial charge in [0, 0.05) is 22.3 Å². The fourth-order valence-electron chi connectivity index (χ4n) is 5.67. The molecule has 0 bridgehead atoms. The van der Waals surface area contributed by atoms with Gasteiger partial charge in [0.15, 0.2) is 11.4 Å². The summed E-state index contributed by atoms with van der Waals surface area (Å²) in [5.74, 6) is 1.29. The van der Waals surface area contributed by atoms with Gasteiger partial charge in [0.1, 0.15) is 5.52 Å². The molecule has 0 N–H and O–H groups in total. The molecule has 212 valence electrons. The van der Waals surface area contributed by atoms with Crippen molar-refractivity contribution in [1.29, 1.82) is 0 Å². The van der Waals surface area contributed by atoms with Crippen molar-refractivity contribution in [2.75, 3.05) is 0 Å². The minimum atomic E-state index is 0.613. The van der Waals surface area contributed by atoms with Crippen LogP contribution in [0.5, 0.6) is 0 Å². The molecule has 45 heavy (non-hydrogen) atoms. The number of oxazole rings is 1. The fraction of sp³-hybridized carbons (Fsp3) is 0. The number of nitrogens with zero attached hydrogens (tertiary/aromatic N) is 3. The predicted octanol–water partition coefficient (Wildman–Crippen LogP) is 10.6. The predicted molar refractivity (Wildman–Crippen MR) is 182 cm³/mol. The maximum atomic E-state index is 6.09. The Hall–Kier alpha value is -6.13. The van der Waals surface area contributed by atoms with Gasteiger partial charge < -0.3 is 4.42 Å². The van der Waals surface area contributed by atoms with Crippen LogP contribution in [0.2, 0.25) is 0 Å². The normalized spacial score (nSPS) is 11.1. The summed E-state index contributed by atoms with van der Waals surface area (Å²) in [7, 11) is 0. The smallest absolute Gasteiger partial charge is 0.227 e. The van der Waals surface area contributed by atoms with Gasteiger partial charge in [-0.1, -0.05) is 133 Å². The Kier molecular flexibility index (Phi) is 6.78. The molecule has 0 fully saturated rings. The molecule has 0 radical (unpaired) electrons. The SMILES string of the molecule is c1ccc(-c2ccc(-c3nc(-c4ccccc4)cc(-c4ccccc4-c4ccc5oc(-c6ccccc6)nc5c4)n3)cc2)cc1. The van der Waals surface area contributed by atoms with Gasteiger partial charge >= 0.3 is 0 Å². The van der Waals surface area contributed by atoms with E-state index >= 15 is 0 Å². The lowest BCUT2D eigenvalue weighted by atomic mass is 9.96. The van der Waals surface area contributed by atoms with E-state index in [0.29, 0.717) is 11.7 Å². The Balaban J connectivity index is 1.24. The molecule has 4 nitrogen and oxygen atoms in total. The summed E-state index contributed by atoms with van der Waals surface area (Å²) >= 11 is 0. The van der Waals surface area contributed by atoms with Gasteiger partial charge in [-0.25, -0.2) is 15.0 Å². The van der Waals surface area contributed by atoms with Crippen LogP contribution < -0.4 is 0 Å². The Morgan fingerprint density at radius 1 is 0.356 bits per heavy atom. The Bertz CT molecular complexity index is 2240. The van der Waals surface area contributed by atoms with Crippen LogP contribution in [0, 0.1) is 0 Å². The highest BCUT2D eigenvalue weighted by Gasteiger charge is 2.16. The van der Waals surface area contributed by atoms with Gasteiger partial charge in [-0.2, -0.15) is 0 Å². The van der Waals surface area contributed by atoms with Crippen molar-refractivity contribution in [3.05, 3.63) is 164 Å². The Morgan fingerprint density at radius 2 is 0.889 bits per heavy atom. The third-order valence-electron chi connectivity index (χ3n) is 7.97. The van der Waals surface area contributed by atoms with Gasteiger partial charge in [0.2, 0.25) is 5.89 Å². The maximum Gasteiger partial charge on any atom is 0.227 e. The second kappa shape index (κ2) is 11.5. The summed E-state index contributed by atoms with van der Waals surface area (Å²) < 4.78 is 6.09. The van der Waals surface area contributed by atoms with Crippen LogP contribution >= 0.6 is 0 Å². The van der Waals surface area contributed by atoms with Crippen molar-refractivity contribution < 1.29 is 4.42 Å². The molecule has 0 aliphatic rings. The number of hydrogen-bond acceptors (Lipinski definition) is 4. The molecule has 0 atom stereocenters. The topological polar surface area (TPSA) is 51.8 Å². The monoisotopic (exact) mass is 577 g/mol. The van der Waals surface area contributed by atoms with E-state index in [1.807, 2.05) is 60.7 Å². The molecular formula is C41H27N3O. The summed E-state index contributed by atoms with van der Waals surface area (Å²) in [5.41, 5.74) is 11.7. The van der Waals surface area contributed by atoms with Crippen LogP contribution in [0.25, 0.3) is 78.7 Å². The molecule has 2 aromatic heterocycles. The first-order chi connectivity index (χ1) is 22.3. The van der Waals surface area contributed by atoms with Gasteiger partial charge in [0.25, 0.3) is 0 Å². The molecule has 0 amide bonds. The highest BCUT2D eigenvalue weighted by molar-refractivity contribution is 5.89. The average Bonchev–Trinajstić information content (AvgIpc) is 3.56. The lowest BCUT2D eigenvalue weighted by molar-refractivity contribution is 0.620. The molecule has 4 heteroatoms. The highest BCUT2D eigenvalue weighted by atomic mass is 16.3. The Labute approximate surface area is 261 Å². The number of benzene rings is 6. The van der Waals surface area contributed by atoms with Crippen molar-refractivity contribution in [2.45, 2.75) is 0 Å². The summed E-state index contributed by atoms with van der Waals surface area (Å²) in [6.45, 7) is 0. The van der Waals surface area contributed by atoms with Crippen LogP contribution in [-0.2, 0) is 0 Å². The molecule has 0 saturated carbocycles. The zero-order valence-corrected chi connectivity index (χ0v) is 24.3. The lowest BCUT2D eigenvalue weighted by Crippen LogP contribution is -1.97. The molecule has 8 aromatic rings. The number of fused-ring (bicyclic) bond motifs is 1. The average molecular weight is 578 g/mol. The van der Waals surface area contributed by atoms with Crippen molar-refractivity contribution in [2.24, 2.45) is 0 Å². The second-order valence-electron chi connectivity index (χ2n) is 10.9. The number of aromatic nitrogens is 3. The molecule has 0 saturated heterocycles. The van der Waals surface area contributed by atoms with Crippen LogP contribution in [-0.4, -0.2) is 15.0 Å². The summed E-state index contributed by atoms with van der Waals surface area (Å²) in [6, 6.07) is 55.7. The van der Waals surface area contributed by atoms with Crippen molar-refractivity contribution in [3.8, 4) is 67.6 Å². The minimum Gasteiger partial charge on any atom is -0.436 e. The molecule has 6 aromatic carbocycles. The van der Waals surface area contributed by atoms with Crippen molar-refractivity contribution in [1.82, 2.24) is 15.0 Å². The first-order valence-corrected chi connectivity index (χ1v) is 14.9. The first kappa shape index (κ1) is 26.5. The third-order valence-corrected chi connectivity index (χ3v) is 7.97. The van der Waals surface area contributed by atoms with E-state index in [-0.39, 0.29) is 0 Å².